The first-order chi connectivity index (χ1) is 10.1. The third kappa shape index (κ3) is 8.16. The summed E-state index contributed by atoms with van der Waals surface area (Å²) in [6.45, 7) is 0.873. The van der Waals surface area contributed by atoms with Gasteiger partial charge in [-0.25, -0.2) is 9.59 Å². The highest BCUT2D eigenvalue weighted by molar-refractivity contribution is 7.98. The maximum atomic E-state index is 11.6. The number of carbonyl (C=O) groups excluding carboxylic acids is 1. The number of carboxylic acids is 1. The van der Waals surface area contributed by atoms with Crippen molar-refractivity contribution < 1.29 is 19.4 Å². The Morgan fingerprint density at radius 1 is 1.33 bits per heavy atom. The Balaban J connectivity index is 2.12. The fourth-order valence-electron chi connectivity index (χ4n) is 2.32. The average molecular weight is 318 g/mol. The molecule has 0 aromatic carbocycles. The van der Waals surface area contributed by atoms with E-state index in [2.05, 4.69) is 10.6 Å². The molecule has 0 aromatic heterocycles. The molecule has 6 nitrogen and oxygen atoms in total. The predicted octanol–water partition coefficient (Wildman–Crippen LogP) is 1.84. The van der Waals surface area contributed by atoms with Gasteiger partial charge in [0.2, 0.25) is 0 Å². The first-order valence-corrected chi connectivity index (χ1v) is 8.90. The zero-order valence-electron chi connectivity index (χ0n) is 12.6. The molecule has 2 amide bonds. The molecule has 0 bridgehead atoms. The second kappa shape index (κ2) is 10.7. The summed E-state index contributed by atoms with van der Waals surface area (Å²) in [6, 6.07) is -1.28. The van der Waals surface area contributed by atoms with Crippen molar-refractivity contribution in [3.8, 4) is 0 Å². The van der Waals surface area contributed by atoms with Crippen molar-refractivity contribution in [3.63, 3.8) is 0 Å². The largest absolute Gasteiger partial charge is 0.480 e. The SMILES string of the molecule is CSCC[C@H](NC(=O)NCCOC1CCCCC1)C(=O)O. The van der Waals surface area contributed by atoms with E-state index in [1.165, 1.54) is 19.3 Å². The van der Waals surface area contributed by atoms with E-state index in [9.17, 15) is 9.59 Å². The first-order valence-electron chi connectivity index (χ1n) is 7.51. The van der Waals surface area contributed by atoms with Crippen LogP contribution in [0.3, 0.4) is 0 Å². The molecule has 0 spiro atoms. The number of hydrogen-bond acceptors (Lipinski definition) is 4. The van der Waals surface area contributed by atoms with Gasteiger partial charge in [-0.3, -0.25) is 0 Å². The molecule has 1 fully saturated rings. The molecule has 1 rings (SSSR count). The van der Waals surface area contributed by atoms with Gasteiger partial charge >= 0.3 is 12.0 Å². The van der Waals surface area contributed by atoms with Crippen LogP contribution in [0.1, 0.15) is 38.5 Å². The van der Waals surface area contributed by atoms with Crippen LogP contribution in [0.25, 0.3) is 0 Å². The summed E-state index contributed by atoms with van der Waals surface area (Å²) in [5.41, 5.74) is 0. The number of amides is 2. The van der Waals surface area contributed by atoms with Gasteiger partial charge in [-0.1, -0.05) is 19.3 Å². The van der Waals surface area contributed by atoms with Gasteiger partial charge in [-0.05, 0) is 31.3 Å². The van der Waals surface area contributed by atoms with Crippen molar-refractivity contribution in [2.75, 3.05) is 25.2 Å². The second-order valence-corrected chi connectivity index (χ2v) is 6.19. The Labute approximate surface area is 130 Å². The molecule has 0 aromatic rings. The van der Waals surface area contributed by atoms with Crippen LogP contribution in [-0.4, -0.2) is 54.4 Å². The summed E-state index contributed by atoms with van der Waals surface area (Å²) in [5, 5.41) is 14.1. The third-order valence-electron chi connectivity index (χ3n) is 3.51. The van der Waals surface area contributed by atoms with E-state index in [1.54, 1.807) is 11.8 Å². The molecule has 0 saturated heterocycles. The van der Waals surface area contributed by atoms with Crippen LogP contribution in [0.5, 0.6) is 0 Å². The Morgan fingerprint density at radius 2 is 2.05 bits per heavy atom. The zero-order chi connectivity index (χ0) is 15.5. The Kier molecular flexibility index (Phi) is 9.25. The quantitative estimate of drug-likeness (QED) is 0.565. The molecule has 0 unspecified atom stereocenters. The molecular weight excluding hydrogens is 292 g/mol. The maximum absolute atomic E-state index is 11.6. The minimum atomic E-state index is -1.00. The van der Waals surface area contributed by atoms with E-state index in [0.29, 0.717) is 31.4 Å². The third-order valence-corrected chi connectivity index (χ3v) is 4.15. The van der Waals surface area contributed by atoms with Gasteiger partial charge in [-0.2, -0.15) is 11.8 Å². The average Bonchev–Trinajstić information content (AvgIpc) is 2.48. The summed E-state index contributed by atoms with van der Waals surface area (Å²) in [6.07, 6.45) is 8.56. The van der Waals surface area contributed by atoms with Crippen LogP contribution in [-0.2, 0) is 9.53 Å². The fraction of sp³-hybridized carbons (Fsp3) is 0.857. The highest BCUT2D eigenvalue weighted by atomic mass is 32.2. The standard InChI is InChI=1S/C14H26N2O4S/c1-21-10-7-12(13(17)18)16-14(19)15-8-9-20-11-5-3-2-4-6-11/h11-12H,2-10H2,1H3,(H,17,18)(H2,15,16,19)/t12-/m0/s1. The Morgan fingerprint density at radius 3 is 2.67 bits per heavy atom. The van der Waals surface area contributed by atoms with Crippen LogP contribution in [0.4, 0.5) is 4.79 Å². The molecule has 1 atom stereocenters. The number of carbonyl (C=O) groups is 2. The van der Waals surface area contributed by atoms with Gasteiger partial charge in [-0.15, -0.1) is 0 Å². The smallest absolute Gasteiger partial charge is 0.326 e. The van der Waals surface area contributed by atoms with Crippen LogP contribution < -0.4 is 10.6 Å². The summed E-state index contributed by atoms with van der Waals surface area (Å²) in [5.74, 6) is -0.306. The van der Waals surface area contributed by atoms with Crippen molar-refractivity contribution in [1.29, 1.82) is 0 Å². The van der Waals surface area contributed by atoms with Crippen molar-refractivity contribution in [2.24, 2.45) is 0 Å². The molecular formula is C14H26N2O4S. The van der Waals surface area contributed by atoms with Gasteiger partial charge in [0.1, 0.15) is 6.04 Å². The van der Waals surface area contributed by atoms with Gasteiger partial charge in [0.15, 0.2) is 0 Å². The molecule has 3 N–H and O–H groups in total. The van der Waals surface area contributed by atoms with E-state index < -0.39 is 18.0 Å². The lowest BCUT2D eigenvalue weighted by Gasteiger charge is -2.22. The molecule has 7 heteroatoms. The number of aliphatic carboxylic acids is 1. The number of rotatable bonds is 9. The maximum Gasteiger partial charge on any atom is 0.326 e. The summed E-state index contributed by atoms with van der Waals surface area (Å²) in [7, 11) is 0. The van der Waals surface area contributed by atoms with Crippen LogP contribution in [0.2, 0.25) is 0 Å². The number of ether oxygens (including phenoxy) is 1. The van der Waals surface area contributed by atoms with Crippen LogP contribution >= 0.6 is 11.8 Å². The molecule has 21 heavy (non-hydrogen) atoms. The number of urea groups is 1. The van der Waals surface area contributed by atoms with E-state index in [-0.39, 0.29) is 0 Å². The van der Waals surface area contributed by atoms with E-state index in [4.69, 9.17) is 9.84 Å². The molecule has 122 valence electrons. The minimum absolute atomic E-state index is 0.317. The lowest BCUT2D eigenvalue weighted by atomic mass is 9.98. The molecule has 0 heterocycles. The molecule has 1 aliphatic rings. The lowest BCUT2D eigenvalue weighted by molar-refractivity contribution is -0.139. The molecule has 0 aliphatic heterocycles. The van der Waals surface area contributed by atoms with Gasteiger partial charge in [0, 0.05) is 6.54 Å². The highest BCUT2D eigenvalue weighted by Crippen LogP contribution is 2.19. The summed E-state index contributed by atoms with van der Waals surface area (Å²) >= 11 is 1.56. The second-order valence-electron chi connectivity index (χ2n) is 5.20. The first kappa shape index (κ1) is 18.1. The number of hydrogen-bond donors (Lipinski definition) is 3. The predicted molar refractivity (Wildman–Crippen MR) is 83.8 cm³/mol. The molecule has 1 saturated carbocycles. The Bertz CT molecular complexity index is 322. The molecule has 1 aliphatic carbocycles. The van der Waals surface area contributed by atoms with Crippen molar-refractivity contribution >= 4 is 23.8 Å². The van der Waals surface area contributed by atoms with Gasteiger partial charge in [0.25, 0.3) is 0 Å². The van der Waals surface area contributed by atoms with E-state index >= 15 is 0 Å². The highest BCUT2D eigenvalue weighted by Gasteiger charge is 2.19. The topological polar surface area (TPSA) is 87.7 Å². The van der Waals surface area contributed by atoms with E-state index in [0.717, 1.165) is 12.8 Å². The summed E-state index contributed by atoms with van der Waals surface area (Å²) in [4.78, 5) is 22.6. The fourth-order valence-corrected chi connectivity index (χ4v) is 2.80. The van der Waals surface area contributed by atoms with Crippen molar-refractivity contribution in [3.05, 3.63) is 0 Å². The van der Waals surface area contributed by atoms with Gasteiger partial charge < -0.3 is 20.5 Å². The van der Waals surface area contributed by atoms with Crippen molar-refractivity contribution in [2.45, 2.75) is 50.7 Å². The Hall–Kier alpha value is -0.950. The number of carboxylic acid groups (broad SMARTS) is 1. The number of nitrogens with one attached hydrogen (secondary N) is 2. The van der Waals surface area contributed by atoms with Crippen LogP contribution in [0, 0.1) is 0 Å². The lowest BCUT2D eigenvalue weighted by Crippen LogP contribution is -2.47. The van der Waals surface area contributed by atoms with E-state index in [1.807, 2.05) is 6.26 Å². The summed E-state index contributed by atoms with van der Waals surface area (Å²) < 4.78 is 5.69. The van der Waals surface area contributed by atoms with Crippen LogP contribution in [0.15, 0.2) is 0 Å². The monoisotopic (exact) mass is 318 g/mol. The normalized spacial score (nSPS) is 17.2. The minimum Gasteiger partial charge on any atom is -0.480 e. The number of thioether (sulfide) groups is 1. The van der Waals surface area contributed by atoms with Gasteiger partial charge in [0.05, 0.1) is 12.7 Å². The zero-order valence-corrected chi connectivity index (χ0v) is 13.4. The molecule has 0 radical (unpaired) electrons. The van der Waals surface area contributed by atoms with Crippen molar-refractivity contribution in [1.82, 2.24) is 10.6 Å².